The second-order valence-electron chi connectivity index (χ2n) is 5.55. The summed E-state index contributed by atoms with van der Waals surface area (Å²) in [6.07, 6.45) is 2.66. The largest absolute Gasteiger partial charge is 0.349 e. The lowest BCUT2D eigenvalue weighted by molar-refractivity contribution is -0.253. The number of ether oxygens (including phenoxy) is 2. The molecule has 0 aliphatic carbocycles. The van der Waals surface area contributed by atoms with Crippen molar-refractivity contribution in [3.8, 4) is 0 Å². The third-order valence-electron chi connectivity index (χ3n) is 3.81. The molecule has 4 heteroatoms. The highest BCUT2D eigenvalue weighted by atomic mass is 16.7. The van der Waals surface area contributed by atoms with E-state index in [1.54, 1.807) is 0 Å². The average molecular weight is 242 g/mol. The molecule has 1 unspecified atom stereocenters. The van der Waals surface area contributed by atoms with Gasteiger partial charge in [-0.05, 0) is 39.8 Å². The van der Waals surface area contributed by atoms with Gasteiger partial charge in [-0.3, -0.25) is 4.90 Å². The summed E-state index contributed by atoms with van der Waals surface area (Å²) in [4.78, 5) is 2.56. The van der Waals surface area contributed by atoms with E-state index in [2.05, 4.69) is 17.1 Å². The van der Waals surface area contributed by atoms with Crippen molar-refractivity contribution in [2.75, 3.05) is 32.8 Å². The molecule has 0 amide bonds. The van der Waals surface area contributed by atoms with E-state index in [0.717, 1.165) is 26.3 Å². The third-order valence-corrected chi connectivity index (χ3v) is 3.81. The zero-order valence-corrected chi connectivity index (χ0v) is 11.4. The van der Waals surface area contributed by atoms with E-state index >= 15 is 0 Å². The Morgan fingerprint density at radius 1 is 1.29 bits per heavy atom. The molecule has 0 aromatic carbocycles. The van der Waals surface area contributed by atoms with E-state index in [1.165, 1.54) is 19.4 Å². The van der Waals surface area contributed by atoms with Gasteiger partial charge in [0.15, 0.2) is 5.79 Å². The fourth-order valence-electron chi connectivity index (χ4n) is 2.66. The molecule has 0 saturated carbocycles. The molecule has 1 N–H and O–H groups in total. The first-order valence-corrected chi connectivity index (χ1v) is 6.86. The summed E-state index contributed by atoms with van der Waals surface area (Å²) in [6, 6.07) is 1.05. The van der Waals surface area contributed by atoms with Gasteiger partial charge in [0, 0.05) is 12.6 Å². The Hall–Kier alpha value is -0.160. The monoisotopic (exact) mass is 242 g/mol. The van der Waals surface area contributed by atoms with Crippen molar-refractivity contribution >= 4 is 0 Å². The van der Waals surface area contributed by atoms with Crippen LogP contribution in [0.3, 0.4) is 0 Å². The Bertz CT molecular complexity index is 236. The maximum absolute atomic E-state index is 5.65. The summed E-state index contributed by atoms with van der Waals surface area (Å²) >= 11 is 0. The highest BCUT2D eigenvalue weighted by molar-refractivity contribution is 4.82. The van der Waals surface area contributed by atoms with Gasteiger partial charge < -0.3 is 14.8 Å². The van der Waals surface area contributed by atoms with Crippen LogP contribution in [-0.2, 0) is 9.47 Å². The van der Waals surface area contributed by atoms with E-state index in [4.69, 9.17) is 9.47 Å². The van der Waals surface area contributed by atoms with Crippen LogP contribution in [0.1, 0.15) is 33.6 Å². The van der Waals surface area contributed by atoms with Crippen molar-refractivity contribution in [1.82, 2.24) is 10.2 Å². The minimum Gasteiger partial charge on any atom is -0.349 e. The predicted octanol–water partition coefficient (Wildman–Crippen LogP) is 1.21. The number of likely N-dealkylation sites (N-methyl/N-ethyl adjacent to an activating group) is 1. The highest BCUT2D eigenvalue weighted by Crippen LogP contribution is 2.18. The van der Waals surface area contributed by atoms with Crippen molar-refractivity contribution in [3.05, 3.63) is 0 Å². The molecule has 2 fully saturated rings. The number of hydrogen-bond donors (Lipinski definition) is 1. The van der Waals surface area contributed by atoms with Gasteiger partial charge in [0.2, 0.25) is 0 Å². The van der Waals surface area contributed by atoms with Crippen LogP contribution < -0.4 is 5.32 Å². The molecule has 0 bridgehead atoms. The molecule has 0 aromatic rings. The van der Waals surface area contributed by atoms with Crippen molar-refractivity contribution < 1.29 is 9.47 Å². The van der Waals surface area contributed by atoms with Crippen molar-refractivity contribution in [1.29, 1.82) is 0 Å². The SMILES string of the molecule is CCN1CCCC1CNC1COC(C)(C)OC1. The molecule has 0 spiro atoms. The second kappa shape index (κ2) is 5.65. The number of nitrogens with one attached hydrogen (secondary N) is 1. The molecule has 1 atom stereocenters. The minimum absolute atomic E-state index is 0.349. The van der Waals surface area contributed by atoms with E-state index in [9.17, 15) is 0 Å². The molecular formula is C13H26N2O2. The lowest BCUT2D eigenvalue weighted by atomic mass is 10.2. The van der Waals surface area contributed by atoms with Gasteiger partial charge >= 0.3 is 0 Å². The molecule has 2 rings (SSSR count). The molecule has 2 heterocycles. The Morgan fingerprint density at radius 3 is 2.65 bits per heavy atom. The molecule has 100 valence electrons. The van der Waals surface area contributed by atoms with Crippen LogP contribution in [0, 0.1) is 0 Å². The lowest BCUT2D eigenvalue weighted by Gasteiger charge is -2.36. The summed E-state index contributed by atoms with van der Waals surface area (Å²) < 4.78 is 11.3. The zero-order valence-electron chi connectivity index (χ0n) is 11.4. The molecular weight excluding hydrogens is 216 g/mol. The summed E-state index contributed by atoms with van der Waals surface area (Å²) in [5.74, 6) is -0.402. The van der Waals surface area contributed by atoms with E-state index in [1.807, 2.05) is 13.8 Å². The summed E-state index contributed by atoms with van der Waals surface area (Å²) in [5, 5.41) is 3.57. The van der Waals surface area contributed by atoms with E-state index in [0.29, 0.717) is 12.1 Å². The first-order valence-electron chi connectivity index (χ1n) is 6.86. The van der Waals surface area contributed by atoms with E-state index < -0.39 is 5.79 Å². The summed E-state index contributed by atoms with van der Waals surface area (Å²) in [6.45, 7) is 11.2. The standard InChI is InChI=1S/C13H26N2O2/c1-4-15-7-5-6-12(15)8-14-11-9-16-13(2,3)17-10-11/h11-12,14H,4-10H2,1-3H3. The first kappa shape index (κ1) is 13.3. The van der Waals surface area contributed by atoms with Crippen LogP contribution in [0.2, 0.25) is 0 Å². The maximum atomic E-state index is 5.65. The smallest absolute Gasteiger partial charge is 0.162 e. The van der Waals surface area contributed by atoms with Gasteiger partial charge in [-0.25, -0.2) is 0 Å². The van der Waals surface area contributed by atoms with Crippen LogP contribution in [0.15, 0.2) is 0 Å². The molecule has 0 aromatic heterocycles. The predicted molar refractivity (Wildman–Crippen MR) is 68.0 cm³/mol. The normalized spacial score (nSPS) is 30.9. The highest BCUT2D eigenvalue weighted by Gasteiger charge is 2.29. The summed E-state index contributed by atoms with van der Waals surface area (Å²) in [7, 11) is 0. The molecule has 17 heavy (non-hydrogen) atoms. The van der Waals surface area contributed by atoms with Crippen LogP contribution in [-0.4, -0.2) is 55.6 Å². The third kappa shape index (κ3) is 3.65. The van der Waals surface area contributed by atoms with Crippen LogP contribution in [0.25, 0.3) is 0 Å². The van der Waals surface area contributed by atoms with Gasteiger partial charge in [0.1, 0.15) is 0 Å². The van der Waals surface area contributed by atoms with Gasteiger partial charge in [-0.2, -0.15) is 0 Å². The molecule has 4 nitrogen and oxygen atoms in total. The molecule has 2 aliphatic rings. The van der Waals surface area contributed by atoms with E-state index in [-0.39, 0.29) is 0 Å². The van der Waals surface area contributed by atoms with Gasteiger partial charge in [-0.1, -0.05) is 6.92 Å². The molecule has 0 radical (unpaired) electrons. The zero-order chi connectivity index (χ0) is 12.3. The fourth-order valence-corrected chi connectivity index (χ4v) is 2.66. The van der Waals surface area contributed by atoms with Crippen LogP contribution in [0.5, 0.6) is 0 Å². The Morgan fingerprint density at radius 2 is 2.00 bits per heavy atom. The van der Waals surface area contributed by atoms with Gasteiger partial charge in [-0.15, -0.1) is 0 Å². The number of hydrogen-bond acceptors (Lipinski definition) is 4. The first-order chi connectivity index (χ1) is 8.11. The van der Waals surface area contributed by atoms with Crippen molar-refractivity contribution in [2.24, 2.45) is 0 Å². The Labute approximate surface area is 105 Å². The number of nitrogens with zero attached hydrogens (tertiary/aromatic N) is 1. The van der Waals surface area contributed by atoms with Crippen molar-refractivity contribution in [2.45, 2.75) is 51.5 Å². The average Bonchev–Trinajstić information content (AvgIpc) is 2.75. The topological polar surface area (TPSA) is 33.7 Å². The Kier molecular flexibility index (Phi) is 4.42. The molecule has 2 aliphatic heterocycles. The number of likely N-dealkylation sites (tertiary alicyclic amines) is 1. The van der Waals surface area contributed by atoms with Gasteiger partial charge in [0.05, 0.1) is 19.3 Å². The van der Waals surface area contributed by atoms with Crippen LogP contribution in [0.4, 0.5) is 0 Å². The molecule has 2 saturated heterocycles. The minimum atomic E-state index is -0.402. The van der Waals surface area contributed by atoms with Crippen LogP contribution >= 0.6 is 0 Å². The van der Waals surface area contributed by atoms with Crippen molar-refractivity contribution in [3.63, 3.8) is 0 Å². The van der Waals surface area contributed by atoms with Gasteiger partial charge in [0.25, 0.3) is 0 Å². The lowest BCUT2D eigenvalue weighted by Crippen LogP contribution is -2.51. The number of rotatable bonds is 4. The quantitative estimate of drug-likeness (QED) is 0.803. The second-order valence-corrected chi connectivity index (χ2v) is 5.55. The Balaban J connectivity index is 1.69. The fraction of sp³-hybridized carbons (Fsp3) is 1.00. The maximum Gasteiger partial charge on any atom is 0.162 e. The summed E-state index contributed by atoms with van der Waals surface area (Å²) in [5.41, 5.74) is 0.